The summed E-state index contributed by atoms with van der Waals surface area (Å²) in [6.45, 7) is 0. The Hall–Kier alpha value is -0.150. The lowest BCUT2D eigenvalue weighted by Crippen LogP contribution is -2.29. The highest BCUT2D eigenvalue weighted by Gasteiger charge is 2.16. The number of benzene rings is 1. The molecule has 0 spiro atoms. The van der Waals surface area contributed by atoms with Gasteiger partial charge in [-0.1, -0.05) is 18.2 Å². The van der Waals surface area contributed by atoms with E-state index in [0.717, 1.165) is 20.2 Å². The topological polar surface area (TPSA) is 58.9 Å². The van der Waals surface area contributed by atoms with Gasteiger partial charge in [-0.05, 0) is 40.6 Å². The molecule has 0 amide bonds. The van der Waals surface area contributed by atoms with E-state index in [1.165, 1.54) is 0 Å². The molecule has 84 valence electrons. The van der Waals surface area contributed by atoms with Crippen LogP contribution in [0.25, 0.3) is 10.9 Å². The number of hydrogen-bond acceptors (Lipinski definition) is 2. The summed E-state index contributed by atoms with van der Waals surface area (Å²) in [7, 11) is 0. The molecule has 0 aliphatic rings. The van der Waals surface area contributed by atoms with Gasteiger partial charge in [0.2, 0.25) is 3.79 Å². The first-order chi connectivity index (χ1) is 7.59. The van der Waals surface area contributed by atoms with Crippen LogP contribution >= 0.6 is 45.2 Å². The van der Waals surface area contributed by atoms with Crippen molar-refractivity contribution in [3.05, 3.63) is 33.5 Å². The van der Waals surface area contributed by atoms with Crippen LogP contribution in [0.1, 0.15) is 5.56 Å². The molecule has 1 aromatic carbocycles. The molecule has 0 aliphatic heterocycles. The average Bonchev–Trinajstić information content (AvgIpc) is 2.55. The van der Waals surface area contributed by atoms with Gasteiger partial charge in [0.05, 0.1) is 9.74 Å². The van der Waals surface area contributed by atoms with Gasteiger partial charge < -0.3 is 10.7 Å². The molecule has 0 unspecified atom stereocenters. The van der Waals surface area contributed by atoms with Crippen LogP contribution in [0.4, 0.5) is 0 Å². The monoisotopic (exact) mass is 440 g/mol. The highest BCUT2D eigenvalue weighted by Crippen LogP contribution is 2.24. The largest absolute Gasteiger partial charge is 0.350 e. The Morgan fingerprint density at radius 1 is 1.44 bits per heavy atom. The minimum absolute atomic E-state index is 0.00122. The molecular weight excluding hydrogens is 430 g/mol. The zero-order valence-electron chi connectivity index (χ0n) is 8.34. The summed E-state index contributed by atoms with van der Waals surface area (Å²) in [5.74, 6) is 0. The molecule has 16 heavy (non-hydrogen) atoms. The Morgan fingerprint density at radius 2 is 2.12 bits per heavy atom. The maximum Gasteiger partial charge on any atom is 0.209 e. The molecule has 1 heterocycles. The Labute approximate surface area is 120 Å². The lowest BCUT2D eigenvalue weighted by Gasteiger charge is -2.06. The van der Waals surface area contributed by atoms with Crippen molar-refractivity contribution in [2.24, 2.45) is 5.73 Å². The van der Waals surface area contributed by atoms with Gasteiger partial charge in [-0.25, -0.2) is 0 Å². The van der Waals surface area contributed by atoms with Gasteiger partial charge in [-0.15, -0.1) is 0 Å². The van der Waals surface area contributed by atoms with E-state index in [1.54, 1.807) is 22.6 Å². The molecule has 0 aliphatic carbocycles. The standard InChI is InChI=1S/C11H10I2N2O/c12-10-7(5-8(14)11(13)16)6-3-1-2-4-9(6)15-10/h1-4,8,15H,5,14H2/t8-/m0/s1. The molecule has 3 nitrogen and oxygen atoms in total. The first-order valence-electron chi connectivity index (χ1n) is 4.79. The van der Waals surface area contributed by atoms with Gasteiger partial charge in [0.1, 0.15) is 0 Å². The van der Waals surface area contributed by atoms with Crippen molar-refractivity contribution < 1.29 is 4.79 Å². The van der Waals surface area contributed by atoms with E-state index in [0.29, 0.717) is 6.42 Å². The van der Waals surface area contributed by atoms with E-state index in [4.69, 9.17) is 5.73 Å². The number of halogens is 2. The van der Waals surface area contributed by atoms with Crippen LogP contribution in [0.15, 0.2) is 24.3 Å². The number of hydrogen-bond donors (Lipinski definition) is 2. The van der Waals surface area contributed by atoms with E-state index in [-0.39, 0.29) is 3.79 Å². The molecule has 0 saturated carbocycles. The third-order valence-electron chi connectivity index (χ3n) is 2.48. The predicted molar refractivity (Wildman–Crippen MR) is 81.7 cm³/mol. The van der Waals surface area contributed by atoms with Crippen LogP contribution in [0.2, 0.25) is 0 Å². The van der Waals surface area contributed by atoms with Gasteiger partial charge in [0.15, 0.2) is 0 Å². The molecule has 0 bridgehead atoms. The minimum atomic E-state index is -0.423. The summed E-state index contributed by atoms with van der Waals surface area (Å²) in [5.41, 5.74) is 8.02. The smallest absolute Gasteiger partial charge is 0.209 e. The summed E-state index contributed by atoms with van der Waals surface area (Å²) in [6.07, 6.45) is 0.587. The lowest BCUT2D eigenvalue weighted by molar-refractivity contribution is -0.110. The summed E-state index contributed by atoms with van der Waals surface area (Å²) in [6, 6.07) is 7.63. The molecule has 0 radical (unpaired) electrons. The van der Waals surface area contributed by atoms with E-state index in [9.17, 15) is 4.79 Å². The lowest BCUT2D eigenvalue weighted by atomic mass is 10.1. The number of carbonyl (C=O) groups excluding carboxylic acids is 1. The molecule has 5 heteroatoms. The van der Waals surface area contributed by atoms with Crippen LogP contribution in [-0.2, 0) is 11.2 Å². The molecule has 0 fully saturated rings. The average molecular weight is 440 g/mol. The highest BCUT2D eigenvalue weighted by molar-refractivity contribution is 14.1. The first kappa shape index (κ1) is 12.3. The molecule has 2 rings (SSSR count). The summed E-state index contributed by atoms with van der Waals surface area (Å²) in [5, 5.41) is 1.15. The molecule has 0 saturated heterocycles. The van der Waals surface area contributed by atoms with Gasteiger partial charge >= 0.3 is 0 Å². The van der Waals surface area contributed by atoms with Crippen molar-refractivity contribution in [3.63, 3.8) is 0 Å². The zero-order valence-corrected chi connectivity index (χ0v) is 12.7. The molecule has 1 aromatic heterocycles. The van der Waals surface area contributed by atoms with Crippen LogP contribution in [0, 0.1) is 3.70 Å². The fraction of sp³-hybridized carbons (Fsp3) is 0.182. The number of rotatable bonds is 3. The van der Waals surface area contributed by atoms with Gasteiger partial charge in [-0.3, -0.25) is 4.79 Å². The number of carbonyl (C=O) groups is 1. The fourth-order valence-electron chi connectivity index (χ4n) is 1.67. The number of para-hydroxylation sites is 1. The second kappa shape index (κ2) is 5.01. The maximum atomic E-state index is 11.2. The third kappa shape index (κ3) is 2.40. The highest BCUT2D eigenvalue weighted by atomic mass is 127. The van der Waals surface area contributed by atoms with E-state index in [2.05, 4.69) is 27.6 Å². The van der Waals surface area contributed by atoms with E-state index in [1.807, 2.05) is 24.3 Å². The predicted octanol–water partition coefficient (Wildman–Crippen LogP) is 2.60. The number of nitrogens with one attached hydrogen (secondary N) is 1. The summed E-state index contributed by atoms with van der Waals surface area (Å²) in [4.78, 5) is 14.5. The zero-order chi connectivity index (χ0) is 11.7. The van der Waals surface area contributed by atoms with Crippen LogP contribution in [0.5, 0.6) is 0 Å². The molecule has 2 aromatic rings. The van der Waals surface area contributed by atoms with Crippen molar-refractivity contribution in [3.8, 4) is 0 Å². The second-order valence-corrected chi connectivity index (χ2v) is 5.72. The fourth-order valence-corrected chi connectivity index (χ4v) is 2.69. The van der Waals surface area contributed by atoms with Gasteiger partial charge in [0.25, 0.3) is 0 Å². The Morgan fingerprint density at radius 3 is 2.81 bits per heavy atom. The maximum absolute atomic E-state index is 11.2. The van der Waals surface area contributed by atoms with E-state index >= 15 is 0 Å². The van der Waals surface area contributed by atoms with Crippen molar-refractivity contribution in [1.29, 1.82) is 0 Å². The number of nitrogens with two attached hydrogens (primary N) is 1. The first-order valence-corrected chi connectivity index (χ1v) is 6.95. The Balaban J connectivity index is 2.43. The van der Waals surface area contributed by atoms with Crippen molar-refractivity contribution in [2.45, 2.75) is 12.5 Å². The quantitative estimate of drug-likeness (QED) is 0.570. The number of fused-ring (bicyclic) bond motifs is 1. The van der Waals surface area contributed by atoms with Crippen molar-refractivity contribution >= 4 is 59.9 Å². The Bertz CT molecular complexity index is 536. The normalized spacial score (nSPS) is 12.9. The Kier molecular flexibility index (Phi) is 3.85. The molecule has 1 atom stereocenters. The van der Waals surface area contributed by atoms with Gasteiger partial charge in [-0.2, -0.15) is 0 Å². The third-order valence-corrected chi connectivity index (χ3v) is 4.20. The van der Waals surface area contributed by atoms with Crippen LogP contribution < -0.4 is 5.73 Å². The summed E-state index contributed by atoms with van der Waals surface area (Å²) >= 11 is 4.00. The number of aromatic nitrogens is 1. The summed E-state index contributed by atoms with van der Waals surface area (Å²) < 4.78 is 1.06. The molecular formula is C11H10I2N2O. The van der Waals surface area contributed by atoms with E-state index < -0.39 is 6.04 Å². The molecule has 3 N–H and O–H groups in total. The van der Waals surface area contributed by atoms with Crippen LogP contribution in [0.3, 0.4) is 0 Å². The van der Waals surface area contributed by atoms with Crippen molar-refractivity contribution in [2.75, 3.05) is 0 Å². The van der Waals surface area contributed by atoms with Gasteiger partial charge in [0, 0.05) is 33.5 Å². The SMILES string of the molecule is N[C@@H](Cc1c(I)[nH]c2ccccc12)C(=O)I. The van der Waals surface area contributed by atoms with Crippen molar-refractivity contribution in [1.82, 2.24) is 4.98 Å². The number of H-pyrrole nitrogens is 1. The number of aromatic amines is 1. The second-order valence-electron chi connectivity index (χ2n) is 3.58. The minimum Gasteiger partial charge on any atom is -0.350 e. The van der Waals surface area contributed by atoms with Crippen LogP contribution in [-0.4, -0.2) is 14.8 Å².